The summed E-state index contributed by atoms with van der Waals surface area (Å²) in [6.07, 6.45) is 4.52. The fourth-order valence-corrected chi connectivity index (χ4v) is 3.73. The molecule has 0 amide bonds. The van der Waals surface area contributed by atoms with Crippen LogP contribution in [0.3, 0.4) is 0 Å². The minimum absolute atomic E-state index is 0.412. The van der Waals surface area contributed by atoms with Gasteiger partial charge in [0.25, 0.3) is 0 Å². The van der Waals surface area contributed by atoms with Gasteiger partial charge in [0.05, 0.1) is 12.8 Å². The molecular weight excluding hydrogens is 342 g/mol. The van der Waals surface area contributed by atoms with E-state index in [-0.39, 0.29) is 0 Å². The number of aryl methyl sites for hydroxylation is 1. The van der Waals surface area contributed by atoms with E-state index >= 15 is 0 Å². The van der Waals surface area contributed by atoms with Gasteiger partial charge < -0.3 is 10.2 Å². The number of nitrogens with zero attached hydrogens (tertiary/aromatic N) is 6. The van der Waals surface area contributed by atoms with Crippen molar-refractivity contribution >= 4 is 16.0 Å². The van der Waals surface area contributed by atoms with Crippen LogP contribution in [-0.2, 0) is 23.6 Å². The summed E-state index contributed by atoms with van der Waals surface area (Å²) in [4.78, 5) is 11.0. The molecule has 0 bridgehead atoms. The number of rotatable bonds is 6. The van der Waals surface area contributed by atoms with Gasteiger partial charge in [0.1, 0.15) is 12.2 Å². The monoisotopic (exact) mass is 371 g/mol. The number of guanidine groups is 1. The largest absolute Gasteiger partial charge is 0.357 e. The molecule has 0 aliphatic carbocycles. The molecule has 0 atom stereocenters. The maximum Gasteiger partial charge on any atom is 0.211 e. The molecule has 1 saturated heterocycles. The van der Waals surface area contributed by atoms with E-state index < -0.39 is 10.0 Å². The molecule has 0 saturated carbocycles. The average molecular weight is 372 g/mol. The van der Waals surface area contributed by atoms with Gasteiger partial charge in [-0.1, -0.05) is 0 Å². The molecular formula is C15H29N7O2S. The van der Waals surface area contributed by atoms with Crippen LogP contribution in [0.5, 0.6) is 0 Å². The highest BCUT2D eigenvalue weighted by molar-refractivity contribution is 7.88. The van der Waals surface area contributed by atoms with E-state index in [1.54, 1.807) is 15.3 Å². The molecule has 0 aromatic carbocycles. The van der Waals surface area contributed by atoms with Crippen molar-refractivity contribution in [3.05, 3.63) is 12.2 Å². The van der Waals surface area contributed by atoms with E-state index in [0.29, 0.717) is 32.1 Å². The second kappa shape index (κ2) is 8.61. The van der Waals surface area contributed by atoms with Gasteiger partial charge in [-0.3, -0.25) is 9.67 Å². The molecule has 1 aliphatic rings. The Balaban J connectivity index is 1.92. The second-order valence-electron chi connectivity index (χ2n) is 6.46. The summed E-state index contributed by atoms with van der Waals surface area (Å²) in [7, 11) is 0.771. The van der Waals surface area contributed by atoms with Crippen molar-refractivity contribution in [2.45, 2.75) is 26.3 Å². The first-order valence-electron chi connectivity index (χ1n) is 8.58. The standard InChI is InChI=1S/C15H29N7O2S/c1-5-16-15(20(2)11-14-18-12-19-21(14)3)17-10-13-6-8-22(9-7-13)25(4,23)24/h12-13H,5-11H2,1-4H3,(H,16,17). The number of nitrogens with one attached hydrogen (secondary N) is 1. The number of sulfonamides is 1. The number of piperidine rings is 1. The van der Waals surface area contributed by atoms with Gasteiger partial charge >= 0.3 is 0 Å². The van der Waals surface area contributed by atoms with Gasteiger partial charge in [0.2, 0.25) is 10.0 Å². The SMILES string of the molecule is CCNC(=NCC1CCN(S(C)(=O)=O)CC1)N(C)Cc1ncnn1C. The predicted molar refractivity (Wildman–Crippen MR) is 97.6 cm³/mol. The Morgan fingerprint density at radius 3 is 2.64 bits per heavy atom. The topological polar surface area (TPSA) is 95.7 Å². The first-order chi connectivity index (χ1) is 11.8. The molecule has 25 heavy (non-hydrogen) atoms. The van der Waals surface area contributed by atoms with Crippen molar-refractivity contribution in [2.75, 3.05) is 39.5 Å². The first-order valence-corrected chi connectivity index (χ1v) is 10.4. The van der Waals surface area contributed by atoms with Crippen molar-refractivity contribution in [1.29, 1.82) is 0 Å². The molecule has 10 heteroatoms. The molecule has 2 rings (SSSR count). The van der Waals surface area contributed by atoms with Crippen LogP contribution in [0.1, 0.15) is 25.6 Å². The molecule has 9 nitrogen and oxygen atoms in total. The van der Waals surface area contributed by atoms with Gasteiger partial charge in [0.15, 0.2) is 5.96 Å². The number of aliphatic imine (C=N–C) groups is 1. The Morgan fingerprint density at radius 2 is 2.12 bits per heavy atom. The summed E-state index contributed by atoms with van der Waals surface area (Å²) in [6.45, 7) is 5.32. The third kappa shape index (κ3) is 5.67. The highest BCUT2D eigenvalue weighted by Gasteiger charge is 2.24. The zero-order valence-corrected chi connectivity index (χ0v) is 16.3. The van der Waals surface area contributed by atoms with Gasteiger partial charge in [-0.05, 0) is 25.7 Å². The van der Waals surface area contributed by atoms with Crippen LogP contribution in [0.2, 0.25) is 0 Å². The molecule has 0 radical (unpaired) electrons. The Hall–Kier alpha value is -1.68. The van der Waals surface area contributed by atoms with Gasteiger partial charge in [-0.2, -0.15) is 5.10 Å². The molecule has 1 aromatic rings. The van der Waals surface area contributed by atoms with Crippen molar-refractivity contribution in [3.8, 4) is 0 Å². The lowest BCUT2D eigenvalue weighted by Crippen LogP contribution is -2.40. The minimum Gasteiger partial charge on any atom is -0.357 e. The molecule has 1 fully saturated rings. The summed E-state index contributed by atoms with van der Waals surface area (Å²) < 4.78 is 26.5. The molecule has 1 N–H and O–H groups in total. The van der Waals surface area contributed by atoms with Crippen LogP contribution in [0, 0.1) is 5.92 Å². The van der Waals surface area contributed by atoms with Crippen LogP contribution in [-0.4, -0.2) is 77.8 Å². The molecule has 2 heterocycles. The fraction of sp³-hybridized carbons (Fsp3) is 0.800. The van der Waals surface area contributed by atoms with Gasteiger partial charge in [-0.15, -0.1) is 0 Å². The van der Waals surface area contributed by atoms with E-state index in [4.69, 9.17) is 4.99 Å². The first kappa shape index (κ1) is 19.6. The Bertz CT molecular complexity index is 678. The van der Waals surface area contributed by atoms with E-state index in [0.717, 1.165) is 31.2 Å². The highest BCUT2D eigenvalue weighted by atomic mass is 32.2. The zero-order valence-electron chi connectivity index (χ0n) is 15.5. The number of hydrogen-bond acceptors (Lipinski definition) is 5. The summed E-state index contributed by atoms with van der Waals surface area (Å²) in [6, 6.07) is 0. The third-order valence-corrected chi connectivity index (χ3v) is 5.73. The lowest BCUT2D eigenvalue weighted by molar-refractivity contribution is 0.279. The van der Waals surface area contributed by atoms with Crippen LogP contribution in [0.25, 0.3) is 0 Å². The van der Waals surface area contributed by atoms with E-state index in [1.165, 1.54) is 6.26 Å². The summed E-state index contributed by atoms with van der Waals surface area (Å²) in [5, 5.41) is 7.39. The van der Waals surface area contributed by atoms with E-state index in [2.05, 4.69) is 15.4 Å². The number of hydrogen-bond donors (Lipinski definition) is 1. The van der Waals surface area contributed by atoms with E-state index in [1.807, 2.05) is 25.9 Å². The predicted octanol–water partition coefficient (Wildman–Crippen LogP) is -0.116. The van der Waals surface area contributed by atoms with Crippen LogP contribution >= 0.6 is 0 Å². The Kier molecular flexibility index (Phi) is 6.77. The third-order valence-electron chi connectivity index (χ3n) is 4.42. The van der Waals surface area contributed by atoms with Crippen LogP contribution in [0.15, 0.2) is 11.3 Å². The molecule has 0 unspecified atom stereocenters. The van der Waals surface area contributed by atoms with Crippen molar-refractivity contribution in [1.82, 2.24) is 29.3 Å². The van der Waals surface area contributed by atoms with Gasteiger partial charge in [-0.25, -0.2) is 17.7 Å². The average Bonchev–Trinajstić information content (AvgIpc) is 2.96. The summed E-state index contributed by atoms with van der Waals surface area (Å²) in [5.41, 5.74) is 0. The maximum absolute atomic E-state index is 11.6. The summed E-state index contributed by atoms with van der Waals surface area (Å²) >= 11 is 0. The lowest BCUT2D eigenvalue weighted by atomic mass is 9.98. The van der Waals surface area contributed by atoms with E-state index in [9.17, 15) is 8.42 Å². The van der Waals surface area contributed by atoms with Crippen LogP contribution < -0.4 is 5.32 Å². The minimum atomic E-state index is -3.07. The van der Waals surface area contributed by atoms with Crippen molar-refractivity contribution in [3.63, 3.8) is 0 Å². The van der Waals surface area contributed by atoms with Crippen molar-refractivity contribution in [2.24, 2.45) is 18.0 Å². The maximum atomic E-state index is 11.6. The van der Waals surface area contributed by atoms with Gasteiger partial charge in [0, 0.05) is 40.3 Å². The fourth-order valence-electron chi connectivity index (χ4n) is 2.86. The van der Waals surface area contributed by atoms with Crippen molar-refractivity contribution < 1.29 is 8.42 Å². The number of aromatic nitrogens is 3. The molecule has 1 aliphatic heterocycles. The molecule has 142 valence electrons. The Morgan fingerprint density at radius 1 is 1.44 bits per heavy atom. The van der Waals surface area contributed by atoms with Crippen LogP contribution in [0.4, 0.5) is 0 Å². The second-order valence-corrected chi connectivity index (χ2v) is 8.44. The molecule has 1 aromatic heterocycles. The normalized spacial score (nSPS) is 17.7. The quantitative estimate of drug-likeness (QED) is 0.553. The zero-order chi connectivity index (χ0) is 18.4. The highest BCUT2D eigenvalue weighted by Crippen LogP contribution is 2.19. The Labute approximate surface area is 150 Å². The summed E-state index contributed by atoms with van der Waals surface area (Å²) in [5.74, 6) is 2.11. The smallest absolute Gasteiger partial charge is 0.211 e. The lowest BCUT2D eigenvalue weighted by Gasteiger charge is -2.30. The molecule has 0 spiro atoms.